The minimum absolute atomic E-state index is 0.0209. The number of carbonyl (C=O) groups excluding carboxylic acids is 3. The molecule has 0 bridgehead atoms. The van der Waals surface area contributed by atoms with Gasteiger partial charge in [0.2, 0.25) is 0 Å². The Kier molecular flexibility index (Phi) is 15.5. The minimum atomic E-state index is -1.98. The zero-order chi connectivity index (χ0) is 42.1. The standard InChI is InChI=1S/C44H64N4O8Si/c1-12-17-55-43(51)46-37-25-40(39(52-9)23-35(37)42(50)47-26-29(3)20-32(47)13-2)54-19-16-14-15-18-53-38-24-36(45)34(22-31(38)5)41(49)48-27-30(4)21-33(48)28-56-57(10,11)44(6,7)8/h12,22-27,32-33H,1,13-21,28,45H2,2-11H3,(H,46,51)/t32-,33+/m1/s1. The van der Waals surface area contributed by atoms with Crippen LogP contribution < -0.4 is 25.3 Å². The Morgan fingerprint density at radius 1 is 0.877 bits per heavy atom. The van der Waals surface area contributed by atoms with Gasteiger partial charge in [-0.25, -0.2) is 4.79 Å². The Bertz CT molecular complexity index is 1850. The van der Waals surface area contributed by atoms with Crippen LogP contribution in [0.1, 0.15) is 106 Å². The maximum Gasteiger partial charge on any atom is 0.411 e. The van der Waals surface area contributed by atoms with E-state index < -0.39 is 14.4 Å². The fourth-order valence-electron chi connectivity index (χ4n) is 6.64. The van der Waals surface area contributed by atoms with Crippen molar-refractivity contribution < 1.29 is 37.8 Å². The SMILES string of the molecule is C=CCOC(=O)Nc1cc(OCCCCCOc2cc(N)c(C(=O)N3C=C(C)C[C@H]3CO[Si](C)(C)C(C)(C)C)cc2C)c(OC)cc1C(=O)N1C=C(C)C[C@H]1CC. The number of amides is 3. The first-order chi connectivity index (χ1) is 26.9. The van der Waals surface area contributed by atoms with Crippen molar-refractivity contribution in [2.45, 2.75) is 117 Å². The molecule has 3 N–H and O–H groups in total. The zero-order valence-corrected chi connectivity index (χ0v) is 36.7. The maximum atomic E-state index is 13.8. The van der Waals surface area contributed by atoms with Gasteiger partial charge >= 0.3 is 6.09 Å². The van der Waals surface area contributed by atoms with Gasteiger partial charge in [-0.3, -0.25) is 14.9 Å². The summed E-state index contributed by atoms with van der Waals surface area (Å²) in [5.41, 5.74) is 10.9. The molecule has 312 valence electrons. The number of aryl methyl sites for hydroxylation is 1. The Balaban J connectivity index is 1.33. The van der Waals surface area contributed by atoms with Crippen LogP contribution in [0.4, 0.5) is 16.2 Å². The highest BCUT2D eigenvalue weighted by Crippen LogP contribution is 2.39. The quantitative estimate of drug-likeness (QED) is 0.0652. The first kappa shape index (κ1) is 45.0. The molecular weight excluding hydrogens is 741 g/mol. The number of nitrogen functional groups attached to an aromatic ring is 1. The van der Waals surface area contributed by atoms with Crippen molar-refractivity contribution >= 4 is 37.6 Å². The van der Waals surface area contributed by atoms with E-state index in [1.807, 2.05) is 46.2 Å². The van der Waals surface area contributed by atoms with Crippen molar-refractivity contribution in [3.63, 3.8) is 0 Å². The van der Waals surface area contributed by atoms with Crippen LogP contribution in [0, 0.1) is 6.92 Å². The molecule has 13 heteroatoms. The van der Waals surface area contributed by atoms with E-state index in [0.717, 1.165) is 48.8 Å². The number of hydrogen-bond donors (Lipinski definition) is 2. The fourth-order valence-corrected chi connectivity index (χ4v) is 7.68. The van der Waals surface area contributed by atoms with Crippen LogP contribution in [0.3, 0.4) is 0 Å². The van der Waals surface area contributed by atoms with E-state index in [9.17, 15) is 14.4 Å². The molecule has 0 aliphatic carbocycles. The van der Waals surface area contributed by atoms with Crippen LogP contribution in [0.15, 0.2) is 60.5 Å². The smallest absolute Gasteiger partial charge is 0.411 e. The molecule has 0 saturated carbocycles. The van der Waals surface area contributed by atoms with E-state index in [-0.39, 0.29) is 46.8 Å². The lowest BCUT2D eigenvalue weighted by Gasteiger charge is -2.38. The van der Waals surface area contributed by atoms with Gasteiger partial charge < -0.3 is 38.9 Å². The van der Waals surface area contributed by atoms with Crippen molar-refractivity contribution in [2.24, 2.45) is 0 Å². The number of nitrogens with zero attached hydrogens (tertiary/aromatic N) is 2. The Hall–Kier alpha value is -4.75. The Morgan fingerprint density at radius 2 is 1.47 bits per heavy atom. The summed E-state index contributed by atoms with van der Waals surface area (Å²) >= 11 is 0. The van der Waals surface area contributed by atoms with E-state index >= 15 is 0 Å². The van der Waals surface area contributed by atoms with Crippen molar-refractivity contribution in [1.82, 2.24) is 9.80 Å². The molecule has 0 saturated heterocycles. The molecule has 2 aromatic rings. The van der Waals surface area contributed by atoms with Gasteiger partial charge in [-0.15, -0.1) is 0 Å². The van der Waals surface area contributed by atoms with E-state index in [1.165, 1.54) is 13.2 Å². The highest BCUT2D eigenvalue weighted by Gasteiger charge is 2.39. The predicted molar refractivity (Wildman–Crippen MR) is 229 cm³/mol. The molecule has 2 aliphatic heterocycles. The summed E-state index contributed by atoms with van der Waals surface area (Å²) in [6.07, 6.45) is 9.16. The lowest BCUT2D eigenvalue weighted by molar-refractivity contribution is 0.0737. The Morgan fingerprint density at radius 3 is 2.07 bits per heavy atom. The third kappa shape index (κ3) is 11.4. The zero-order valence-electron chi connectivity index (χ0n) is 35.7. The lowest BCUT2D eigenvalue weighted by Crippen LogP contribution is -2.45. The number of nitrogens with one attached hydrogen (secondary N) is 1. The van der Waals surface area contributed by atoms with Crippen molar-refractivity contribution in [1.29, 1.82) is 0 Å². The molecule has 0 fully saturated rings. The van der Waals surface area contributed by atoms with E-state index in [2.05, 4.69) is 45.8 Å². The van der Waals surface area contributed by atoms with Crippen LogP contribution >= 0.6 is 0 Å². The highest BCUT2D eigenvalue weighted by atomic mass is 28.4. The molecule has 2 aromatic carbocycles. The topological polar surface area (TPSA) is 142 Å². The molecule has 0 radical (unpaired) electrons. The molecular formula is C44H64N4O8Si. The van der Waals surface area contributed by atoms with Crippen molar-refractivity contribution in [2.75, 3.05) is 44.6 Å². The molecule has 12 nitrogen and oxygen atoms in total. The normalized spacial score (nSPS) is 16.9. The van der Waals surface area contributed by atoms with Crippen LogP contribution in [-0.4, -0.2) is 81.6 Å². The molecule has 0 spiro atoms. The van der Waals surface area contributed by atoms with Crippen LogP contribution in [0.5, 0.6) is 17.2 Å². The molecule has 2 atom stereocenters. The monoisotopic (exact) mass is 804 g/mol. The number of hydrogen-bond acceptors (Lipinski definition) is 9. The number of carbonyl (C=O) groups is 3. The third-order valence-corrected chi connectivity index (χ3v) is 15.5. The number of nitrogens with two attached hydrogens (primary N) is 1. The summed E-state index contributed by atoms with van der Waals surface area (Å²) in [5, 5.41) is 2.78. The van der Waals surface area contributed by atoms with Crippen molar-refractivity contribution in [3.05, 3.63) is 77.2 Å². The second-order valence-electron chi connectivity index (χ2n) is 16.6. The molecule has 2 heterocycles. The first-order valence-corrected chi connectivity index (χ1v) is 22.9. The molecule has 57 heavy (non-hydrogen) atoms. The molecule has 0 aromatic heterocycles. The fraction of sp³-hybridized carbons (Fsp3) is 0.523. The number of unbranched alkanes of at least 4 members (excludes halogenated alkanes) is 2. The summed E-state index contributed by atoms with van der Waals surface area (Å²) in [5.74, 6) is 1.01. The summed E-state index contributed by atoms with van der Waals surface area (Å²) in [7, 11) is -0.468. The summed E-state index contributed by atoms with van der Waals surface area (Å²) < 4.78 is 29.5. The average Bonchev–Trinajstić information content (AvgIpc) is 3.74. The number of methoxy groups -OCH3 is 1. The van der Waals surface area contributed by atoms with Gasteiger partial charge in [-0.1, -0.05) is 51.5 Å². The molecule has 2 aliphatic rings. The van der Waals surface area contributed by atoms with Gasteiger partial charge in [-0.2, -0.15) is 0 Å². The number of benzene rings is 2. The van der Waals surface area contributed by atoms with Gasteiger partial charge in [0.15, 0.2) is 19.8 Å². The van der Waals surface area contributed by atoms with Gasteiger partial charge in [0.1, 0.15) is 12.4 Å². The summed E-state index contributed by atoms with van der Waals surface area (Å²) in [4.78, 5) is 43.7. The first-order valence-electron chi connectivity index (χ1n) is 20.0. The second-order valence-corrected chi connectivity index (χ2v) is 21.4. The van der Waals surface area contributed by atoms with E-state index in [1.54, 1.807) is 28.0 Å². The maximum absolute atomic E-state index is 13.8. The van der Waals surface area contributed by atoms with Crippen LogP contribution in [0.2, 0.25) is 18.1 Å². The van der Waals surface area contributed by atoms with Crippen molar-refractivity contribution in [3.8, 4) is 17.2 Å². The van der Waals surface area contributed by atoms with Gasteiger partial charge in [0, 0.05) is 36.3 Å². The average molecular weight is 805 g/mol. The largest absolute Gasteiger partial charge is 0.493 e. The van der Waals surface area contributed by atoms with Gasteiger partial charge in [0.05, 0.1) is 49.8 Å². The third-order valence-electron chi connectivity index (χ3n) is 11.0. The summed E-state index contributed by atoms with van der Waals surface area (Å²) in [6.45, 7) is 24.0. The van der Waals surface area contributed by atoms with Crippen LogP contribution in [0.25, 0.3) is 0 Å². The van der Waals surface area contributed by atoms with Crippen LogP contribution in [-0.2, 0) is 9.16 Å². The number of rotatable bonds is 18. The van der Waals surface area contributed by atoms with E-state index in [4.69, 9.17) is 29.1 Å². The highest BCUT2D eigenvalue weighted by molar-refractivity contribution is 6.74. The predicted octanol–water partition coefficient (Wildman–Crippen LogP) is 9.62. The second kappa shape index (κ2) is 19.6. The minimum Gasteiger partial charge on any atom is -0.493 e. The molecule has 3 amide bonds. The Labute approximate surface area is 340 Å². The summed E-state index contributed by atoms with van der Waals surface area (Å²) in [6, 6.07) is 6.71. The number of anilines is 2. The van der Waals surface area contributed by atoms with Gasteiger partial charge in [0.25, 0.3) is 11.8 Å². The molecule has 4 rings (SSSR count). The molecule has 0 unspecified atom stereocenters. The van der Waals surface area contributed by atoms with Gasteiger partial charge in [-0.05, 0) is 95.1 Å². The number of ether oxygens (including phenoxy) is 4. The lowest BCUT2D eigenvalue weighted by atomic mass is 10.1. The van der Waals surface area contributed by atoms with E-state index in [0.29, 0.717) is 54.7 Å².